The lowest BCUT2D eigenvalue weighted by atomic mass is 9.91. The highest BCUT2D eigenvalue weighted by Gasteiger charge is 2.37. The van der Waals surface area contributed by atoms with E-state index in [1.165, 1.54) is 23.1 Å². The second-order valence-corrected chi connectivity index (χ2v) is 8.03. The van der Waals surface area contributed by atoms with E-state index in [4.69, 9.17) is 4.74 Å². The number of nitro groups is 1. The van der Waals surface area contributed by atoms with Gasteiger partial charge < -0.3 is 4.74 Å². The molecule has 31 heavy (non-hydrogen) atoms. The molecule has 0 aromatic heterocycles. The van der Waals surface area contributed by atoms with Crippen molar-refractivity contribution in [3.05, 3.63) is 104 Å². The highest BCUT2D eigenvalue weighted by atomic mass is 79.9. The van der Waals surface area contributed by atoms with Gasteiger partial charge in [-0.25, -0.2) is 9.18 Å². The Labute approximate surface area is 186 Å². The van der Waals surface area contributed by atoms with Gasteiger partial charge in [-0.2, -0.15) is 0 Å². The van der Waals surface area contributed by atoms with E-state index in [0.29, 0.717) is 34.1 Å². The summed E-state index contributed by atoms with van der Waals surface area (Å²) in [6.07, 6.45) is 0.214. The molecule has 0 aliphatic carbocycles. The van der Waals surface area contributed by atoms with Gasteiger partial charge in [0.15, 0.2) is 0 Å². The summed E-state index contributed by atoms with van der Waals surface area (Å²) in [5, 5.41) is 11.3. The van der Waals surface area contributed by atoms with Crippen LogP contribution in [-0.2, 0) is 17.8 Å². The molecular formula is C23H18BrFN2O4. The van der Waals surface area contributed by atoms with Crippen LogP contribution in [-0.4, -0.2) is 11.0 Å². The van der Waals surface area contributed by atoms with Crippen LogP contribution in [0.5, 0.6) is 0 Å². The summed E-state index contributed by atoms with van der Waals surface area (Å²) in [6, 6.07) is 17.7. The van der Waals surface area contributed by atoms with Gasteiger partial charge in [-0.1, -0.05) is 48.5 Å². The summed E-state index contributed by atoms with van der Waals surface area (Å²) in [4.78, 5) is 25.4. The fraction of sp³-hybridized carbons (Fsp3) is 0.174. The maximum atomic E-state index is 14.6. The molecule has 0 fully saturated rings. The zero-order valence-electron chi connectivity index (χ0n) is 16.3. The number of fused-ring (bicyclic) bond motifs is 1. The minimum absolute atomic E-state index is 0.0557. The third-order valence-electron chi connectivity index (χ3n) is 5.24. The number of benzene rings is 3. The number of hydrogen-bond donors (Lipinski definition) is 0. The maximum absolute atomic E-state index is 14.6. The molecule has 0 spiro atoms. The molecule has 1 amide bonds. The lowest BCUT2D eigenvalue weighted by Gasteiger charge is -2.37. The fourth-order valence-corrected chi connectivity index (χ4v) is 4.51. The Hall–Kier alpha value is -3.26. The van der Waals surface area contributed by atoms with Crippen molar-refractivity contribution in [1.29, 1.82) is 0 Å². The molecule has 0 bridgehead atoms. The van der Waals surface area contributed by atoms with Crippen molar-refractivity contribution < 1.29 is 18.8 Å². The van der Waals surface area contributed by atoms with Gasteiger partial charge in [-0.15, -0.1) is 0 Å². The van der Waals surface area contributed by atoms with Gasteiger partial charge in [-0.05, 0) is 46.0 Å². The lowest BCUT2D eigenvalue weighted by Crippen LogP contribution is -2.39. The number of non-ortho nitro benzene ring substituents is 1. The van der Waals surface area contributed by atoms with E-state index >= 15 is 0 Å². The summed E-state index contributed by atoms with van der Waals surface area (Å²) in [6.45, 7) is 0.0557. The van der Waals surface area contributed by atoms with Crippen LogP contribution in [0.3, 0.4) is 0 Å². The van der Waals surface area contributed by atoms with E-state index in [1.54, 1.807) is 18.2 Å². The maximum Gasteiger partial charge on any atom is 0.415 e. The molecule has 0 radical (unpaired) electrons. The molecule has 1 aliphatic rings. The van der Waals surface area contributed by atoms with Gasteiger partial charge >= 0.3 is 6.09 Å². The molecule has 8 heteroatoms. The smallest absolute Gasteiger partial charge is 0.415 e. The predicted molar refractivity (Wildman–Crippen MR) is 117 cm³/mol. The molecule has 0 N–H and O–H groups in total. The monoisotopic (exact) mass is 484 g/mol. The molecule has 1 atom stereocenters. The number of nitro benzene ring substituents is 1. The Morgan fingerprint density at radius 1 is 1.16 bits per heavy atom. The van der Waals surface area contributed by atoms with Crippen LogP contribution in [0.2, 0.25) is 0 Å². The first kappa shape index (κ1) is 21.0. The van der Waals surface area contributed by atoms with Crippen molar-refractivity contribution in [1.82, 2.24) is 0 Å². The number of carbonyl (C=O) groups is 1. The average molecular weight is 485 g/mol. The molecule has 6 nitrogen and oxygen atoms in total. The van der Waals surface area contributed by atoms with Crippen molar-refractivity contribution in [3.63, 3.8) is 0 Å². The zero-order chi connectivity index (χ0) is 22.0. The standard InChI is InChI=1S/C23H18BrFN2O4/c24-19-13-17(27(29)30)12-16-10-11-21(18-8-4-5-9-20(18)25)26(22(16)19)23(28)31-14-15-6-2-1-3-7-15/h1-9,12-13,21H,10-11,14H2. The lowest BCUT2D eigenvalue weighted by molar-refractivity contribution is -0.385. The normalized spacial score (nSPS) is 15.3. The predicted octanol–water partition coefficient (Wildman–Crippen LogP) is 6.33. The minimum Gasteiger partial charge on any atom is -0.444 e. The zero-order valence-corrected chi connectivity index (χ0v) is 17.9. The van der Waals surface area contributed by atoms with E-state index in [0.717, 1.165) is 5.56 Å². The number of aryl methyl sites for hydroxylation is 1. The van der Waals surface area contributed by atoms with Gasteiger partial charge in [0, 0.05) is 22.2 Å². The van der Waals surface area contributed by atoms with Crippen molar-refractivity contribution in [3.8, 4) is 0 Å². The summed E-state index contributed by atoms with van der Waals surface area (Å²) in [5.74, 6) is -0.421. The molecule has 0 saturated carbocycles. The van der Waals surface area contributed by atoms with Crippen LogP contribution in [0.1, 0.15) is 29.2 Å². The molecule has 158 valence electrons. The van der Waals surface area contributed by atoms with Crippen molar-refractivity contribution >= 4 is 33.4 Å². The molecular weight excluding hydrogens is 467 g/mol. The highest BCUT2D eigenvalue weighted by molar-refractivity contribution is 9.10. The van der Waals surface area contributed by atoms with Gasteiger partial charge in [0.25, 0.3) is 5.69 Å². The van der Waals surface area contributed by atoms with E-state index in [9.17, 15) is 19.3 Å². The van der Waals surface area contributed by atoms with Crippen LogP contribution < -0.4 is 4.90 Å². The SMILES string of the molecule is O=C(OCc1ccccc1)N1c2c(Br)cc([N+](=O)[O-])cc2CCC1c1ccccc1F. The first-order chi connectivity index (χ1) is 15.0. The summed E-state index contributed by atoms with van der Waals surface area (Å²) >= 11 is 3.38. The third kappa shape index (κ3) is 4.29. The first-order valence-electron chi connectivity index (χ1n) is 9.67. The first-order valence-corrected chi connectivity index (χ1v) is 10.5. The topological polar surface area (TPSA) is 72.7 Å². The molecule has 4 rings (SSSR count). The number of ether oxygens (including phenoxy) is 1. The Bertz CT molecular complexity index is 1140. The van der Waals surface area contributed by atoms with E-state index in [-0.39, 0.29) is 12.3 Å². The summed E-state index contributed by atoms with van der Waals surface area (Å²) < 4.78 is 20.6. The van der Waals surface area contributed by atoms with Crippen LogP contribution in [0, 0.1) is 15.9 Å². The number of halogens is 2. The van der Waals surface area contributed by atoms with Crippen LogP contribution in [0.25, 0.3) is 0 Å². The number of rotatable bonds is 4. The number of hydrogen-bond acceptors (Lipinski definition) is 4. The van der Waals surface area contributed by atoms with Crippen LogP contribution in [0.4, 0.5) is 20.6 Å². The van der Waals surface area contributed by atoms with E-state index in [2.05, 4.69) is 15.9 Å². The van der Waals surface area contributed by atoms with Crippen LogP contribution >= 0.6 is 15.9 Å². The third-order valence-corrected chi connectivity index (χ3v) is 5.85. The minimum atomic E-state index is -0.646. The van der Waals surface area contributed by atoms with Gasteiger partial charge in [0.2, 0.25) is 0 Å². The molecule has 1 unspecified atom stereocenters. The fourth-order valence-electron chi connectivity index (χ4n) is 3.83. The Kier molecular flexibility index (Phi) is 5.99. The van der Waals surface area contributed by atoms with Gasteiger partial charge in [0.05, 0.1) is 16.7 Å². The second-order valence-electron chi connectivity index (χ2n) is 7.18. The van der Waals surface area contributed by atoms with E-state index in [1.807, 2.05) is 30.3 Å². The second kappa shape index (κ2) is 8.85. The Balaban J connectivity index is 1.75. The van der Waals surface area contributed by atoms with Gasteiger partial charge in [-0.3, -0.25) is 15.0 Å². The summed E-state index contributed by atoms with van der Waals surface area (Å²) in [5.41, 5.74) is 2.20. The molecule has 1 heterocycles. The highest BCUT2D eigenvalue weighted by Crippen LogP contribution is 2.45. The molecule has 3 aromatic carbocycles. The largest absolute Gasteiger partial charge is 0.444 e. The Morgan fingerprint density at radius 2 is 1.87 bits per heavy atom. The quantitative estimate of drug-likeness (QED) is 0.320. The number of carbonyl (C=O) groups excluding carboxylic acids is 1. The number of anilines is 1. The Morgan fingerprint density at radius 3 is 2.58 bits per heavy atom. The molecule has 0 saturated heterocycles. The average Bonchev–Trinajstić information content (AvgIpc) is 2.77. The molecule has 1 aliphatic heterocycles. The van der Waals surface area contributed by atoms with Crippen LogP contribution in [0.15, 0.2) is 71.2 Å². The number of nitrogens with zero attached hydrogens (tertiary/aromatic N) is 2. The van der Waals surface area contributed by atoms with E-state index < -0.39 is 22.9 Å². The van der Waals surface area contributed by atoms with Crippen molar-refractivity contribution in [2.24, 2.45) is 0 Å². The van der Waals surface area contributed by atoms with Crippen molar-refractivity contribution in [2.75, 3.05) is 4.90 Å². The summed E-state index contributed by atoms with van der Waals surface area (Å²) in [7, 11) is 0. The van der Waals surface area contributed by atoms with Crippen molar-refractivity contribution in [2.45, 2.75) is 25.5 Å². The van der Waals surface area contributed by atoms with Gasteiger partial charge in [0.1, 0.15) is 12.4 Å². The molecule has 3 aromatic rings. The number of amides is 1.